The van der Waals surface area contributed by atoms with Crippen molar-refractivity contribution in [3.05, 3.63) is 77.1 Å². The van der Waals surface area contributed by atoms with Gasteiger partial charge in [0, 0.05) is 48.7 Å². The molecular formula is C40H54N4O6. The molecule has 2 heterocycles. The summed E-state index contributed by atoms with van der Waals surface area (Å²) in [6.07, 6.45) is 4.38. The molecule has 270 valence electrons. The van der Waals surface area contributed by atoms with Gasteiger partial charge in [-0.15, -0.1) is 0 Å². The number of aryl methyl sites for hydroxylation is 1. The van der Waals surface area contributed by atoms with E-state index in [1.54, 1.807) is 35.4 Å². The van der Waals surface area contributed by atoms with Gasteiger partial charge in [0.2, 0.25) is 5.91 Å². The van der Waals surface area contributed by atoms with Crippen molar-refractivity contribution in [2.75, 3.05) is 30.6 Å². The van der Waals surface area contributed by atoms with E-state index in [0.717, 1.165) is 36.1 Å². The van der Waals surface area contributed by atoms with Crippen LogP contribution >= 0.6 is 0 Å². The molecule has 10 nitrogen and oxygen atoms in total. The number of piperidine rings is 1. The number of benzene rings is 2. The van der Waals surface area contributed by atoms with E-state index in [0.29, 0.717) is 53.9 Å². The molecule has 4 rings (SSSR count). The summed E-state index contributed by atoms with van der Waals surface area (Å²) < 4.78 is 11.9. The number of rotatable bonds is 10. The Labute approximate surface area is 297 Å². The lowest BCUT2D eigenvalue weighted by atomic mass is 9.86. The highest BCUT2D eigenvalue weighted by atomic mass is 16.7. The maximum atomic E-state index is 14.0. The number of hydrogen-bond acceptors (Lipinski definition) is 7. The summed E-state index contributed by atoms with van der Waals surface area (Å²) >= 11 is 0. The fourth-order valence-corrected chi connectivity index (χ4v) is 5.78. The summed E-state index contributed by atoms with van der Waals surface area (Å²) in [5, 5.41) is 4.23. The maximum absolute atomic E-state index is 14.0. The monoisotopic (exact) mass is 686 g/mol. The van der Waals surface area contributed by atoms with Crippen LogP contribution in [0.25, 0.3) is 0 Å². The Morgan fingerprint density at radius 2 is 1.68 bits per heavy atom. The van der Waals surface area contributed by atoms with Crippen molar-refractivity contribution in [2.45, 2.75) is 99.0 Å². The summed E-state index contributed by atoms with van der Waals surface area (Å²) in [4.78, 5) is 51.1. The first kappa shape index (κ1) is 38.4. The van der Waals surface area contributed by atoms with Crippen LogP contribution in [0.2, 0.25) is 0 Å². The number of aromatic nitrogens is 1. The normalized spacial score (nSPS) is 14.0. The number of amides is 3. The van der Waals surface area contributed by atoms with Gasteiger partial charge in [0.1, 0.15) is 17.1 Å². The van der Waals surface area contributed by atoms with Crippen molar-refractivity contribution < 1.29 is 28.7 Å². The minimum absolute atomic E-state index is 0.0875. The number of nitrogens with one attached hydrogen (secondary N) is 1. The van der Waals surface area contributed by atoms with E-state index in [2.05, 4.69) is 31.1 Å². The third-order valence-corrected chi connectivity index (χ3v) is 8.48. The van der Waals surface area contributed by atoms with Crippen molar-refractivity contribution in [1.82, 2.24) is 9.88 Å². The van der Waals surface area contributed by atoms with Gasteiger partial charge in [0.15, 0.2) is 0 Å². The van der Waals surface area contributed by atoms with E-state index >= 15 is 0 Å². The number of carbonyl (C=O) groups excluding carboxylic acids is 3. The zero-order valence-electron chi connectivity index (χ0n) is 31.4. The van der Waals surface area contributed by atoms with E-state index in [-0.39, 0.29) is 29.2 Å². The van der Waals surface area contributed by atoms with E-state index in [1.165, 1.54) is 12.2 Å². The van der Waals surface area contributed by atoms with Crippen molar-refractivity contribution in [3.8, 4) is 11.5 Å². The molecule has 0 bridgehead atoms. The van der Waals surface area contributed by atoms with Gasteiger partial charge in [-0.1, -0.05) is 40.7 Å². The molecule has 0 atom stereocenters. The minimum atomic E-state index is -0.512. The molecule has 3 aromatic rings. The van der Waals surface area contributed by atoms with Gasteiger partial charge in [-0.2, -0.15) is 5.06 Å². The zero-order valence-corrected chi connectivity index (χ0v) is 31.4. The second kappa shape index (κ2) is 16.1. The smallest absolute Gasteiger partial charge is 0.410 e. The molecule has 1 N–H and O–H groups in total. The quantitative estimate of drug-likeness (QED) is 0.212. The largest absolute Gasteiger partial charge is 0.457 e. The Morgan fingerprint density at radius 3 is 2.30 bits per heavy atom. The van der Waals surface area contributed by atoms with E-state index in [9.17, 15) is 14.4 Å². The van der Waals surface area contributed by atoms with Crippen LogP contribution in [0.5, 0.6) is 11.5 Å². The van der Waals surface area contributed by atoms with E-state index < -0.39 is 5.60 Å². The van der Waals surface area contributed by atoms with Crippen LogP contribution < -0.4 is 15.1 Å². The number of nitrogens with zero attached hydrogens (tertiary/aromatic N) is 3. The molecule has 1 aliphatic heterocycles. The summed E-state index contributed by atoms with van der Waals surface area (Å²) in [7, 11) is 1.45. The summed E-state index contributed by atoms with van der Waals surface area (Å²) in [6, 6.07) is 14.6. The molecule has 50 heavy (non-hydrogen) atoms. The lowest BCUT2D eigenvalue weighted by Gasteiger charge is -2.33. The van der Waals surface area contributed by atoms with Gasteiger partial charge < -0.3 is 19.7 Å². The average molecular weight is 687 g/mol. The Hall–Kier alpha value is -4.44. The molecule has 0 saturated carbocycles. The average Bonchev–Trinajstić information content (AvgIpc) is 3.01. The summed E-state index contributed by atoms with van der Waals surface area (Å²) in [6.45, 7) is 19.1. The van der Waals surface area contributed by atoms with Gasteiger partial charge in [-0.3, -0.25) is 19.4 Å². The second-order valence-corrected chi connectivity index (χ2v) is 15.6. The molecule has 3 amide bonds. The predicted octanol–water partition coefficient (Wildman–Crippen LogP) is 8.86. The second-order valence-electron chi connectivity index (χ2n) is 15.6. The molecular weight excluding hydrogens is 632 g/mol. The molecule has 1 fully saturated rings. The molecule has 1 saturated heterocycles. The van der Waals surface area contributed by atoms with Crippen LogP contribution in [0.3, 0.4) is 0 Å². The van der Waals surface area contributed by atoms with Crippen molar-refractivity contribution >= 4 is 29.3 Å². The summed E-state index contributed by atoms with van der Waals surface area (Å²) in [5.74, 6) is 1.30. The number of anilines is 2. The van der Waals surface area contributed by atoms with Gasteiger partial charge in [0.05, 0.1) is 12.8 Å². The highest BCUT2D eigenvalue weighted by Gasteiger charge is 2.28. The standard InChI is InChI=1S/C40H54N4O6/c1-26(2)19-36(45)42-32-22-30(39(4,5)6)23-33(24-32)44(48-10)37(46)29-12-11-27(3)35(21-29)49-34-13-16-41-31(25-34)20-28-14-17-43(18-15-28)38(47)50-40(7,8)9/h11-13,16,21-26,28H,14-15,17-20H2,1-10H3,(H,42,45). The minimum Gasteiger partial charge on any atom is -0.457 e. The number of ether oxygens (including phenoxy) is 2. The first-order chi connectivity index (χ1) is 23.4. The fourth-order valence-electron chi connectivity index (χ4n) is 5.78. The van der Waals surface area contributed by atoms with Crippen LogP contribution in [-0.2, 0) is 26.2 Å². The highest BCUT2D eigenvalue weighted by Crippen LogP contribution is 2.33. The number of likely N-dealkylation sites (tertiary alicyclic amines) is 1. The van der Waals surface area contributed by atoms with Crippen LogP contribution in [0.1, 0.15) is 102 Å². The van der Waals surface area contributed by atoms with Crippen LogP contribution in [0.4, 0.5) is 16.2 Å². The third-order valence-electron chi connectivity index (χ3n) is 8.48. The molecule has 1 aliphatic rings. The number of pyridine rings is 1. The summed E-state index contributed by atoms with van der Waals surface area (Å²) in [5.41, 5.74) is 3.44. The Bertz CT molecular complexity index is 1660. The van der Waals surface area contributed by atoms with Gasteiger partial charge >= 0.3 is 6.09 Å². The van der Waals surface area contributed by atoms with Crippen molar-refractivity contribution in [2.24, 2.45) is 11.8 Å². The molecule has 0 unspecified atom stereocenters. The lowest BCUT2D eigenvalue weighted by Crippen LogP contribution is -2.42. The zero-order chi connectivity index (χ0) is 36.8. The SMILES string of the molecule is CON(C(=O)c1ccc(C)c(Oc2ccnc(CC3CCN(C(=O)OC(C)(C)C)CC3)c2)c1)c1cc(NC(=O)CC(C)C)cc(C(C)(C)C)c1. The first-order valence-corrected chi connectivity index (χ1v) is 17.5. The number of carbonyl (C=O) groups is 3. The van der Waals surface area contributed by atoms with Crippen molar-refractivity contribution in [1.29, 1.82) is 0 Å². The molecule has 10 heteroatoms. The Balaban J connectivity index is 1.49. The highest BCUT2D eigenvalue weighted by molar-refractivity contribution is 6.05. The topological polar surface area (TPSA) is 110 Å². The molecule has 1 aromatic heterocycles. The van der Waals surface area contributed by atoms with Crippen LogP contribution in [-0.4, -0.2) is 53.6 Å². The van der Waals surface area contributed by atoms with Gasteiger partial charge in [0.25, 0.3) is 5.91 Å². The first-order valence-electron chi connectivity index (χ1n) is 17.5. The Morgan fingerprint density at radius 1 is 0.980 bits per heavy atom. The van der Waals surface area contributed by atoms with E-state index in [4.69, 9.17) is 14.3 Å². The number of hydroxylamine groups is 1. The predicted molar refractivity (Wildman–Crippen MR) is 197 cm³/mol. The molecule has 0 radical (unpaired) electrons. The molecule has 2 aromatic carbocycles. The third kappa shape index (κ3) is 10.8. The van der Waals surface area contributed by atoms with Crippen LogP contribution in [0.15, 0.2) is 54.7 Å². The van der Waals surface area contributed by atoms with Gasteiger partial charge in [-0.05, 0) is 112 Å². The number of hydrogen-bond donors (Lipinski definition) is 1. The van der Waals surface area contributed by atoms with E-state index in [1.807, 2.05) is 65.8 Å². The lowest BCUT2D eigenvalue weighted by molar-refractivity contribution is -0.116. The van der Waals surface area contributed by atoms with Gasteiger partial charge in [-0.25, -0.2) is 4.79 Å². The van der Waals surface area contributed by atoms with Crippen molar-refractivity contribution in [3.63, 3.8) is 0 Å². The maximum Gasteiger partial charge on any atom is 0.410 e. The molecule has 0 spiro atoms. The fraction of sp³-hybridized carbons (Fsp3) is 0.500. The van der Waals surface area contributed by atoms with Crippen LogP contribution in [0, 0.1) is 18.8 Å². The Kier molecular flexibility index (Phi) is 12.3. The molecule has 0 aliphatic carbocycles.